The Morgan fingerprint density at radius 1 is 1.30 bits per heavy atom. The van der Waals surface area contributed by atoms with E-state index in [2.05, 4.69) is 29.3 Å². The summed E-state index contributed by atoms with van der Waals surface area (Å²) in [5.41, 5.74) is 3.59. The predicted molar refractivity (Wildman–Crippen MR) is 97.4 cm³/mol. The van der Waals surface area contributed by atoms with Crippen LogP contribution in [0.4, 0.5) is 5.69 Å². The fourth-order valence-corrected chi connectivity index (χ4v) is 3.43. The maximum absolute atomic E-state index is 12.0. The minimum atomic E-state index is -0.0841. The molecular weight excluding hydrogens is 304 g/mol. The number of carbonyl (C=O) groups is 1. The van der Waals surface area contributed by atoms with Gasteiger partial charge in [-0.15, -0.1) is 11.3 Å². The Morgan fingerprint density at radius 3 is 2.96 bits per heavy atom. The molecule has 0 radical (unpaired) electrons. The molecule has 0 spiro atoms. The van der Waals surface area contributed by atoms with Gasteiger partial charge in [-0.3, -0.25) is 9.69 Å². The van der Waals surface area contributed by atoms with Crippen molar-refractivity contribution < 1.29 is 4.79 Å². The minimum absolute atomic E-state index is 0.0841. The third-order valence-corrected chi connectivity index (χ3v) is 4.87. The molecule has 4 heteroatoms. The fraction of sp³-hybridized carbons (Fsp3) is 0.316. The summed E-state index contributed by atoms with van der Waals surface area (Å²) >= 11 is 1.62. The first-order valence-corrected chi connectivity index (χ1v) is 8.99. The number of unbranched alkanes of at least 4 members (excludes halogenated alkanes) is 1. The first kappa shape index (κ1) is 16.0. The lowest BCUT2D eigenvalue weighted by Crippen LogP contribution is -2.17. The van der Waals surface area contributed by atoms with Crippen molar-refractivity contribution >= 4 is 29.0 Å². The van der Waals surface area contributed by atoms with Crippen molar-refractivity contribution in [1.82, 2.24) is 4.90 Å². The molecule has 1 aliphatic heterocycles. The predicted octanol–water partition coefficient (Wildman–Crippen LogP) is 4.52. The molecule has 1 aromatic heterocycles. The fourth-order valence-electron chi connectivity index (χ4n) is 2.81. The van der Waals surface area contributed by atoms with Crippen LogP contribution in [0.15, 0.2) is 41.8 Å². The van der Waals surface area contributed by atoms with E-state index in [-0.39, 0.29) is 5.91 Å². The molecule has 2 heterocycles. The van der Waals surface area contributed by atoms with Crippen LogP contribution in [-0.4, -0.2) is 17.4 Å². The van der Waals surface area contributed by atoms with Crippen LogP contribution < -0.4 is 5.32 Å². The number of thiophene rings is 1. The Hall–Kier alpha value is -1.91. The van der Waals surface area contributed by atoms with Crippen LogP contribution in [0.25, 0.3) is 6.08 Å². The summed E-state index contributed by atoms with van der Waals surface area (Å²) in [7, 11) is 0. The Morgan fingerprint density at radius 2 is 2.17 bits per heavy atom. The molecule has 0 atom stereocenters. The van der Waals surface area contributed by atoms with Crippen molar-refractivity contribution in [2.45, 2.75) is 32.9 Å². The average molecular weight is 326 g/mol. The molecule has 3 rings (SSSR count). The van der Waals surface area contributed by atoms with Crippen LogP contribution in [0.3, 0.4) is 0 Å². The number of nitrogens with zero attached hydrogens (tertiary/aromatic N) is 1. The van der Waals surface area contributed by atoms with Gasteiger partial charge in [-0.25, -0.2) is 0 Å². The van der Waals surface area contributed by atoms with Crippen molar-refractivity contribution in [2.75, 3.05) is 11.9 Å². The second kappa shape index (κ2) is 7.57. The molecular formula is C19H22N2OS. The highest BCUT2D eigenvalue weighted by molar-refractivity contribution is 7.10. The zero-order chi connectivity index (χ0) is 16.1. The van der Waals surface area contributed by atoms with Gasteiger partial charge in [0.1, 0.15) is 0 Å². The summed E-state index contributed by atoms with van der Waals surface area (Å²) in [6.07, 6.45) is 5.91. The number of amides is 1. The first-order chi connectivity index (χ1) is 11.2. The number of fused-ring (bicyclic) bond motifs is 1. The lowest BCUT2D eigenvalue weighted by Gasteiger charge is -2.13. The van der Waals surface area contributed by atoms with Gasteiger partial charge >= 0.3 is 0 Å². The van der Waals surface area contributed by atoms with Gasteiger partial charge in [0.05, 0.1) is 0 Å². The smallest absolute Gasteiger partial charge is 0.248 e. The molecule has 0 fully saturated rings. The van der Waals surface area contributed by atoms with E-state index in [0.29, 0.717) is 0 Å². The zero-order valence-corrected chi connectivity index (χ0v) is 14.2. The van der Waals surface area contributed by atoms with Gasteiger partial charge in [0, 0.05) is 29.7 Å². The van der Waals surface area contributed by atoms with Gasteiger partial charge in [0.15, 0.2) is 0 Å². The second-order valence-electron chi connectivity index (χ2n) is 5.89. The van der Waals surface area contributed by atoms with E-state index >= 15 is 0 Å². The van der Waals surface area contributed by atoms with Crippen molar-refractivity contribution in [2.24, 2.45) is 0 Å². The normalized spacial score (nSPS) is 14.3. The maximum atomic E-state index is 12.0. The van der Waals surface area contributed by atoms with Gasteiger partial charge in [-0.2, -0.15) is 0 Å². The van der Waals surface area contributed by atoms with E-state index in [1.54, 1.807) is 17.4 Å². The molecule has 0 saturated heterocycles. The minimum Gasteiger partial charge on any atom is -0.323 e. The zero-order valence-electron chi connectivity index (χ0n) is 13.4. The average Bonchev–Trinajstić information content (AvgIpc) is 3.19. The summed E-state index contributed by atoms with van der Waals surface area (Å²) in [6, 6.07) is 10.2. The number of anilines is 1. The number of nitrogens with one attached hydrogen (secondary N) is 1. The number of carbonyl (C=O) groups excluding carboxylic acids is 1. The lowest BCUT2D eigenvalue weighted by atomic mass is 10.1. The van der Waals surface area contributed by atoms with Crippen molar-refractivity contribution in [3.63, 3.8) is 0 Å². The summed E-state index contributed by atoms with van der Waals surface area (Å²) < 4.78 is 0. The number of hydrogen-bond acceptors (Lipinski definition) is 3. The van der Waals surface area contributed by atoms with Crippen molar-refractivity contribution in [3.8, 4) is 0 Å². The summed E-state index contributed by atoms with van der Waals surface area (Å²) in [4.78, 5) is 15.6. The summed E-state index contributed by atoms with van der Waals surface area (Å²) in [6.45, 7) is 5.39. The second-order valence-corrected chi connectivity index (χ2v) is 6.86. The number of rotatable bonds is 6. The van der Waals surface area contributed by atoms with Crippen LogP contribution in [0.1, 0.15) is 35.8 Å². The summed E-state index contributed by atoms with van der Waals surface area (Å²) in [5.74, 6) is -0.0841. The highest BCUT2D eigenvalue weighted by atomic mass is 32.1. The Bertz CT molecular complexity index is 691. The molecule has 2 aromatic rings. The van der Waals surface area contributed by atoms with Gasteiger partial charge in [0.25, 0.3) is 0 Å². The van der Waals surface area contributed by atoms with Gasteiger partial charge in [-0.1, -0.05) is 25.5 Å². The first-order valence-electron chi connectivity index (χ1n) is 8.11. The monoisotopic (exact) mass is 326 g/mol. The van der Waals surface area contributed by atoms with E-state index in [1.807, 2.05) is 29.7 Å². The molecule has 1 aliphatic rings. The third kappa shape index (κ3) is 4.30. The molecule has 23 heavy (non-hydrogen) atoms. The largest absolute Gasteiger partial charge is 0.323 e. The Balaban J connectivity index is 1.59. The van der Waals surface area contributed by atoms with Gasteiger partial charge in [-0.05, 0) is 53.7 Å². The number of hydrogen-bond donors (Lipinski definition) is 1. The number of benzene rings is 1. The van der Waals surface area contributed by atoms with Crippen LogP contribution in [0.2, 0.25) is 0 Å². The van der Waals surface area contributed by atoms with Crippen LogP contribution in [0.5, 0.6) is 0 Å². The lowest BCUT2D eigenvalue weighted by molar-refractivity contribution is -0.111. The third-order valence-electron chi connectivity index (χ3n) is 4.03. The van der Waals surface area contributed by atoms with E-state index in [4.69, 9.17) is 0 Å². The molecule has 1 amide bonds. The topological polar surface area (TPSA) is 32.3 Å². The standard InChI is InChI=1S/C19H22N2OS/c1-2-3-10-21-13-15-6-7-17(12-16(15)14-21)20-19(22)9-8-18-5-4-11-23-18/h4-9,11-12H,2-3,10,13-14H2,1H3,(H,20,22)/b9-8+. The quantitative estimate of drug-likeness (QED) is 0.792. The Labute approximate surface area is 141 Å². The molecule has 0 bridgehead atoms. The SMILES string of the molecule is CCCCN1Cc2ccc(NC(=O)/C=C/c3cccs3)cc2C1. The van der Waals surface area contributed by atoms with E-state index in [9.17, 15) is 4.79 Å². The van der Waals surface area contributed by atoms with E-state index in [1.165, 1.54) is 24.0 Å². The summed E-state index contributed by atoms with van der Waals surface area (Å²) in [5, 5.41) is 4.95. The van der Waals surface area contributed by atoms with Crippen molar-refractivity contribution in [3.05, 3.63) is 57.8 Å². The molecule has 0 unspecified atom stereocenters. The molecule has 0 aliphatic carbocycles. The highest BCUT2D eigenvalue weighted by Crippen LogP contribution is 2.26. The van der Waals surface area contributed by atoms with Crippen molar-refractivity contribution in [1.29, 1.82) is 0 Å². The highest BCUT2D eigenvalue weighted by Gasteiger charge is 2.18. The van der Waals surface area contributed by atoms with E-state index in [0.717, 1.165) is 30.2 Å². The molecule has 3 nitrogen and oxygen atoms in total. The van der Waals surface area contributed by atoms with Crippen LogP contribution >= 0.6 is 11.3 Å². The molecule has 0 saturated carbocycles. The maximum Gasteiger partial charge on any atom is 0.248 e. The van der Waals surface area contributed by atoms with Crippen LogP contribution in [0, 0.1) is 0 Å². The molecule has 1 N–H and O–H groups in total. The molecule has 120 valence electrons. The molecule has 1 aromatic carbocycles. The van der Waals surface area contributed by atoms with Gasteiger partial charge in [0.2, 0.25) is 5.91 Å². The van der Waals surface area contributed by atoms with Crippen LogP contribution in [-0.2, 0) is 17.9 Å². The van der Waals surface area contributed by atoms with Gasteiger partial charge < -0.3 is 5.32 Å². The van der Waals surface area contributed by atoms with E-state index < -0.39 is 0 Å². The Kier molecular flexibility index (Phi) is 5.26.